The lowest BCUT2D eigenvalue weighted by molar-refractivity contribution is 0.598. The number of hydrogen-bond donors (Lipinski definition) is 1. The lowest BCUT2D eigenvalue weighted by atomic mass is 10.2. The molecule has 2 aromatic rings. The highest BCUT2D eigenvalue weighted by Gasteiger charge is 2.09. The Hall–Kier alpha value is -1.20. The van der Waals surface area contributed by atoms with Crippen LogP contribution >= 0.6 is 11.3 Å². The predicted molar refractivity (Wildman–Crippen MR) is 61.9 cm³/mol. The number of hydrogen-bond acceptors (Lipinski definition) is 4. The molecular weight excluding hydrogens is 208 g/mol. The van der Waals surface area contributed by atoms with Crippen molar-refractivity contribution in [3.05, 3.63) is 22.0 Å². The van der Waals surface area contributed by atoms with Crippen molar-refractivity contribution >= 4 is 11.3 Å². The first kappa shape index (κ1) is 10.3. The standard InChI is InChI=1S/C10H14N4S/c1-7-5-9(8(2)15-7)10-6-14(4-3-11)13-12-10/h5-6H,3-4,11H2,1-2H3. The fraction of sp³-hybridized carbons (Fsp3) is 0.400. The summed E-state index contributed by atoms with van der Waals surface area (Å²) < 4.78 is 1.78. The number of nitrogens with zero attached hydrogens (tertiary/aromatic N) is 3. The third kappa shape index (κ3) is 2.08. The van der Waals surface area contributed by atoms with Gasteiger partial charge in [0.2, 0.25) is 0 Å². The van der Waals surface area contributed by atoms with Crippen LogP contribution in [0.5, 0.6) is 0 Å². The van der Waals surface area contributed by atoms with Crippen LogP contribution in [0.25, 0.3) is 11.3 Å². The Bertz CT molecular complexity index is 458. The van der Waals surface area contributed by atoms with Gasteiger partial charge in [0.15, 0.2) is 0 Å². The van der Waals surface area contributed by atoms with Gasteiger partial charge in [-0.05, 0) is 19.9 Å². The first-order valence-electron chi connectivity index (χ1n) is 4.88. The zero-order chi connectivity index (χ0) is 10.8. The van der Waals surface area contributed by atoms with Crippen LogP contribution in [0.4, 0.5) is 0 Å². The van der Waals surface area contributed by atoms with Gasteiger partial charge in [0.1, 0.15) is 5.69 Å². The van der Waals surface area contributed by atoms with Gasteiger partial charge >= 0.3 is 0 Å². The van der Waals surface area contributed by atoms with Crippen molar-refractivity contribution in [1.82, 2.24) is 15.0 Å². The molecule has 0 amide bonds. The maximum absolute atomic E-state index is 5.46. The Kier molecular flexibility index (Phi) is 2.83. The van der Waals surface area contributed by atoms with Gasteiger partial charge in [-0.25, -0.2) is 0 Å². The molecule has 2 heterocycles. The minimum Gasteiger partial charge on any atom is -0.329 e. The Morgan fingerprint density at radius 1 is 1.47 bits per heavy atom. The second-order valence-electron chi connectivity index (χ2n) is 3.48. The van der Waals surface area contributed by atoms with Gasteiger partial charge in [0, 0.05) is 21.9 Å². The van der Waals surface area contributed by atoms with Gasteiger partial charge < -0.3 is 5.73 Å². The maximum Gasteiger partial charge on any atom is 0.114 e. The van der Waals surface area contributed by atoms with E-state index >= 15 is 0 Å². The van der Waals surface area contributed by atoms with Crippen LogP contribution in [0.2, 0.25) is 0 Å². The second-order valence-corrected chi connectivity index (χ2v) is 4.94. The van der Waals surface area contributed by atoms with E-state index in [0.29, 0.717) is 6.54 Å². The molecule has 5 heteroatoms. The monoisotopic (exact) mass is 222 g/mol. The number of aromatic nitrogens is 3. The summed E-state index contributed by atoms with van der Waals surface area (Å²) in [5.74, 6) is 0. The highest BCUT2D eigenvalue weighted by Crippen LogP contribution is 2.28. The average molecular weight is 222 g/mol. The predicted octanol–water partition coefficient (Wildman–Crippen LogP) is 1.58. The molecule has 15 heavy (non-hydrogen) atoms. The maximum atomic E-state index is 5.46. The fourth-order valence-electron chi connectivity index (χ4n) is 1.55. The Morgan fingerprint density at radius 3 is 2.87 bits per heavy atom. The Labute approximate surface area is 92.7 Å². The molecule has 0 atom stereocenters. The minimum atomic E-state index is 0.588. The van der Waals surface area contributed by atoms with Crippen molar-refractivity contribution in [2.45, 2.75) is 20.4 Å². The molecule has 0 radical (unpaired) electrons. The normalized spacial score (nSPS) is 10.9. The van der Waals surface area contributed by atoms with Gasteiger partial charge in [-0.3, -0.25) is 4.68 Å². The molecule has 2 N–H and O–H groups in total. The Balaban J connectivity index is 2.32. The van der Waals surface area contributed by atoms with E-state index < -0.39 is 0 Å². The van der Waals surface area contributed by atoms with Crippen LogP contribution in [-0.4, -0.2) is 21.5 Å². The van der Waals surface area contributed by atoms with Gasteiger partial charge in [-0.1, -0.05) is 5.21 Å². The summed E-state index contributed by atoms with van der Waals surface area (Å²) in [5, 5.41) is 8.17. The summed E-state index contributed by atoms with van der Waals surface area (Å²) in [6.45, 7) is 5.51. The number of rotatable bonds is 3. The number of nitrogens with two attached hydrogens (primary N) is 1. The average Bonchev–Trinajstić information content (AvgIpc) is 2.73. The van der Waals surface area contributed by atoms with E-state index in [1.165, 1.54) is 15.3 Å². The van der Waals surface area contributed by atoms with Crippen LogP contribution in [0.15, 0.2) is 12.3 Å². The SMILES string of the molecule is Cc1cc(-c2cn(CCN)nn2)c(C)s1. The van der Waals surface area contributed by atoms with Gasteiger partial charge in [-0.15, -0.1) is 16.4 Å². The van der Waals surface area contributed by atoms with Gasteiger partial charge in [0.05, 0.1) is 12.7 Å². The molecular formula is C10H14N4S. The van der Waals surface area contributed by atoms with Crippen LogP contribution in [0, 0.1) is 13.8 Å². The molecule has 0 unspecified atom stereocenters. The zero-order valence-electron chi connectivity index (χ0n) is 8.90. The van der Waals surface area contributed by atoms with E-state index in [1.54, 1.807) is 16.0 Å². The Morgan fingerprint density at radius 2 is 2.27 bits per heavy atom. The molecule has 0 spiro atoms. The topological polar surface area (TPSA) is 56.7 Å². The smallest absolute Gasteiger partial charge is 0.114 e. The summed E-state index contributed by atoms with van der Waals surface area (Å²) in [6, 6.07) is 2.15. The molecule has 0 saturated carbocycles. The van der Waals surface area contributed by atoms with E-state index in [0.717, 1.165) is 12.2 Å². The molecule has 4 nitrogen and oxygen atoms in total. The summed E-state index contributed by atoms with van der Waals surface area (Å²) in [5.41, 5.74) is 7.57. The molecule has 0 bridgehead atoms. The summed E-state index contributed by atoms with van der Waals surface area (Å²) in [4.78, 5) is 2.59. The molecule has 80 valence electrons. The van der Waals surface area contributed by atoms with E-state index in [1.807, 2.05) is 6.20 Å². The minimum absolute atomic E-state index is 0.588. The lowest BCUT2D eigenvalue weighted by Gasteiger charge is -1.93. The van der Waals surface area contributed by atoms with E-state index in [4.69, 9.17) is 5.73 Å². The van der Waals surface area contributed by atoms with Crippen LogP contribution in [0.3, 0.4) is 0 Å². The third-order valence-corrected chi connectivity index (χ3v) is 3.18. The van der Waals surface area contributed by atoms with Crippen molar-refractivity contribution in [3.63, 3.8) is 0 Å². The second kappa shape index (κ2) is 4.12. The van der Waals surface area contributed by atoms with Crippen molar-refractivity contribution in [2.24, 2.45) is 5.73 Å². The number of thiophene rings is 1. The van der Waals surface area contributed by atoms with Crippen LogP contribution in [0.1, 0.15) is 9.75 Å². The third-order valence-electron chi connectivity index (χ3n) is 2.21. The molecule has 0 aromatic carbocycles. The van der Waals surface area contributed by atoms with Crippen molar-refractivity contribution in [2.75, 3.05) is 6.54 Å². The molecule has 0 aliphatic carbocycles. The quantitative estimate of drug-likeness (QED) is 0.857. The van der Waals surface area contributed by atoms with Crippen molar-refractivity contribution in [1.29, 1.82) is 0 Å². The zero-order valence-corrected chi connectivity index (χ0v) is 9.71. The molecule has 0 fully saturated rings. The van der Waals surface area contributed by atoms with E-state index in [9.17, 15) is 0 Å². The van der Waals surface area contributed by atoms with Crippen LogP contribution in [-0.2, 0) is 6.54 Å². The fourth-order valence-corrected chi connectivity index (χ4v) is 2.48. The summed E-state index contributed by atoms with van der Waals surface area (Å²) in [7, 11) is 0. The van der Waals surface area contributed by atoms with Crippen molar-refractivity contribution < 1.29 is 0 Å². The van der Waals surface area contributed by atoms with Crippen LogP contribution < -0.4 is 5.73 Å². The molecule has 0 aliphatic rings. The molecule has 0 saturated heterocycles. The molecule has 2 rings (SSSR count). The van der Waals surface area contributed by atoms with Gasteiger partial charge in [-0.2, -0.15) is 0 Å². The lowest BCUT2D eigenvalue weighted by Crippen LogP contribution is -2.10. The largest absolute Gasteiger partial charge is 0.329 e. The highest BCUT2D eigenvalue weighted by atomic mass is 32.1. The summed E-state index contributed by atoms with van der Waals surface area (Å²) >= 11 is 1.78. The first-order valence-corrected chi connectivity index (χ1v) is 5.70. The van der Waals surface area contributed by atoms with Gasteiger partial charge in [0.25, 0.3) is 0 Å². The number of aryl methyl sites for hydroxylation is 2. The first-order chi connectivity index (χ1) is 7.20. The summed E-state index contributed by atoms with van der Waals surface area (Å²) in [6.07, 6.45) is 1.95. The molecule has 0 aliphatic heterocycles. The highest BCUT2D eigenvalue weighted by molar-refractivity contribution is 7.12. The van der Waals surface area contributed by atoms with E-state index in [2.05, 4.69) is 30.2 Å². The van der Waals surface area contributed by atoms with E-state index in [-0.39, 0.29) is 0 Å². The molecule has 2 aromatic heterocycles. The van der Waals surface area contributed by atoms with Crippen molar-refractivity contribution in [3.8, 4) is 11.3 Å².